The third-order valence-corrected chi connectivity index (χ3v) is 3.38. The smallest absolute Gasteiger partial charge is 0.412 e. The van der Waals surface area contributed by atoms with E-state index in [1.54, 1.807) is 0 Å². The van der Waals surface area contributed by atoms with Gasteiger partial charge in [-0.1, -0.05) is 4.70 Å². The molecule has 0 amide bonds. The van der Waals surface area contributed by atoms with Crippen LogP contribution in [0.4, 0.5) is 0 Å². The van der Waals surface area contributed by atoms with Gasteiger partial charge in [-0.3, -0.25) is 0 Å². The van der Waals surface area contributed by atoms with E-state index in [0.29, 0.717) is 19.8 Å². The molecule has 0 unspecified atom stereocenters. The molecular weight excluding hydrogens is 234 g/mol. The number of sulfonamides is 1. The first-order chi connectivity index (χ1) is 7.52. The first-order valence-corrected chi connectivity index (χ1v) is 6.52. The molecular formula is C8H14N3O4S+. The molecule has 0 aromatic heterocycles. The number of primary sulfonamides is 1. The lowest BCUT2D eigenvalue weighted by molar-refractivity contribution is -0.592. The van der Waals surface area contributed by atoms with Crippen molar-refractivity contribution in [3.05, 3.63) is 10.8 Å². The number of azo groups is 2. The van der Waals surface area contributed by atoms with E-state index in [2.05, 4.69) is 5.11 Å². The van der Waals surface area contributed by atoms with Crippen molar-refractivity contribution in [3.8, 4) is 0 Å². The Hall–Kier alpha value is -0.990. The van der Waals surface area contributed by atoms with E-state index >= 15 is 0 Å². The summed E-state index contributed by atoms with van der Waals surface area (Å²) in [5.74, 6) is 0.249. The molecule has 16 heavy (non-hydrogen) atoms. The van der Waals surface area contributed by atoms with Crippen LogP contribution in [0.5, 0.6) is 0 Å². The Morgan fingerprint density at radius 3 is 3.06 bits per heavy atom. The fourth-order valence-corrected chi connectivity index (χ4v) is 2.33. The number of nitrogens with zero attached hydrogens (tertiary/aromatic N) is 2. The van der Waals surface area contributed by atoms with Crippen molar-refractivity contribution in [1.82, 2.24) is 0 Å². The van der Waals surface area contributed by atoms with Gasteiger partial charge in [0.15, 0.2) is 6.10 Å². The van der Waals surface area contributed by atoms with Gasteiger partial charge in [0.05, 0.1) is 0 Å². The molecule has 2 N–H and O–H groups in total. The van der Waals surface area contributed by atoms with Crippen molar-refractivity contribution in [1.29, 1.82) is 0 Å². The van der Waals surface area contributed by atoms with Crippen LogP contribution in [0.15, 0.2) is 15.9 Å². The summed E-state index contributed by atoms with van der Waals surface area (Å²) in [4.78, 5) is 0.0439. The molecule has 1 atom stereocenters. The fourth-order valence-electron chi connectivity index (χ4n) is 1.69. The molecule has 1 saturated heterocycles. The van der Waals surface area contributed by atoms with Gasteiger partial charge in [0, 0.05) is 6.61 Å². The normalized spacial score (nSPS) is 25.1. The Balaban J connectivity index is 2.19. The van der Waals surface area contributed by atoms with E-state index < -0.39 is 10.0 Å². The van der Waals surface area contributed by atoms with E-state index in [-0.39, 0.29) is 23.4 Å². The highest BCUT2D eigenvalue weighted by Gasteiger charge is 2.41. The van der Waals surface area contributed by atoms with Gasteiger partial charge in [0.2, 0.25) is 21.5 Å². The fraction of sp³-hybridized carbons (Fsp3) is 0.750. The van der Waals surface area contributed by atoms with Crippen molar-refractivity contribution >= 4 is 10.0 Å². The third kappa shape index (κ3) is 2.08. The van der Waals surface area contributed by atoms with Crippen LogP contribution in [0, 0.1) is 0 Å². The van der Waals surface area contributed by atoms with Gasteiger partial charge in [-0.25, -0.2) is 13.6 Å². The Bertz CT molecular complexity index is 454. The van der Waals surface area contributed by atoms with Crippen LogP contribution < -0.4 is 5.14 Å². The minimum atomic E-state index is -3.72. The Morgan fingerprint density at radius 2 is 2.44 bits per heavy atom. The first kappa shape index (κ1) is 11.5. The lowest BCUT2D eigenvalue weighted by Gasteiger charge is -2.19. The van der Waals surface area contributed by atoms with Crippen LogP contribution >= 0.6 is 0 Å². The van der Waals surface area contributed by atoms with E-state index in [0.717, 1.165) is 0 Å². The maximum atomic E-state index is 11.2. The molecule has 2 aliphatic heterocycles. The van der Waals surface area contributed by atoms with Crippen molar-refractivity contribution < 1.29 is 22.6 Å². The maximum absolute atomic E-state index is 11.2. The molecule has 7 nitrogen and oxygen atoms in total. The van der Waals surface area contributed by atoms with Crippen molar-refractivity contribution in [3.63, 3.8) is 0 Å². The Morgan fingerprint density at radius 1 is 1.69 bits per heavy atom. The van der Waals surface area contributed by atoms with Crippen LogP contribution in [0.25, 0.3) is 0 Å². The van der Waals surface area contributed by atoms with E-state index in [9.17, 15) is 8.42 Å². The molecule has 0 aliphatic carbocycles. The van der Waals surface area contributed by atoms with Crippen molar-refractivity contribution in [2.45, 2.75) is 13.0 Å². The third-order valence-electron chi connectivity index (χ3n) is 2.39. The largest absolute Gasteiger partial charge is 0.439 e. The van der Waals surface area contributed by atoms with E-state index in [1.807, 2.05) is 6.92 Å². The van der Waals surface area contributed by atoms with Crippen molar-refractivity contribution in [2.75, 3.05) is 26.3 Å². The van der Waals surface area contributed by atoms with E-state index in [1.165, 1.54) is 4.70 Å². The van der Waals surface area contributed by atoms with Gasteiger partial charge >= 0.3 is 5.88 Å². The lowest BCUT2D eigenvalue weighted by atomic mass is 10.3. The molecule has 0 aromatic rings. The summed E-state index contributed by atoms with van der Waals surface area (Å²) >= 11 is 0. The number of fused-ring (bicyclic) bond motifs is 1. The minimum absolute atomic E-state index is 0.0439. The average Bonchev–Trinajstić information content (AvgIpc) is 2.60. The summed E-state index contributed by atoms with van der Waals surface area (Å²) in [5, 5.41) is 9.09. The maximum Gasteiger partial charge on any atom is 0.412 e. The number of nitrogens with two attached hydrogens (primary N) is 1. The molecule has 8 heteroatoms. The standard InChI is InChI=1S/C8H14N3O4S/c1-2-14-6-4-11-8(15-5-6)7(3-10-11)16(9,12)13/h6H,2-5H2,1H3,(H2,9,12,13)/q+1/t6-/m1/s1. The molecule has 2 aliphatic rings. The van der Waals surface area contributed by atoms with Gasteiger partial charge in [-0.15, -0.1) is 0 Å². The zero-order valence-electron chi connectivity index (χ0n) is 8.92. The zero-order chi connectivity index (χ0) is 11.8. The van der Waals surface area contributed by atoms with Crippen LogP contribution in [-0.4, -0.2) is 45.5 Å². The number of hydrogen-bond donors (Lipinski definition) is 1. The minimum Gasteiger partial charge on any atom is -0.439 e. The summed E-state index contributed by atoms with van der Waals surface area (Å²) in [6.45, 7) is 3.36. The van der Waals surface area contributed by atoms with Crippen LogP contribution in [-0.2, 0) is 19.5 Å². The summed E-state index contributed by atoms with van der Waals surface area (Å²) in [6.07, 6.45) is -0.0858. The molecule has 90 valence electrons. The molecule has 2 heterocycles. The summed E-state index contributed by atoms with van der Waals surface area (Å²) in [6, 6.07) is 0. The summed E-state index contributed by atoms with van der Waals surface area (Å²) < 4.78 is 34.7. The Labute approximate surface area is 93.6 Å². The quantitative estimate of drug-likeness (QED) is 0.672. The average molecular weight is 248 g/mol. The number of ether oxygens (including phenoxy) is 2. The monoisotopic (exact) mass is 248 g/mol. The zero-order valence-corrected chi connectivity index (χ0v) is 9.74. The van der Waals surface area contributed by atoms with Gasteiger partial charge < -0.3 is 9.47 Å². The first-order valence-electron chi connectivity index (χ1n) is 4.97. The highest BCUT2D eigenvalue weighted by Crippen LogP contribution is 2.23. The molecule has 2 rings (SSSR count). The van der Waals surface area contributed by atoms with Gasteiger partial charge in [-0.2, -0.15) is 0 Å². The molecule has 0 bridgehead atoms. The SMILES string of the molecule is CCO[C@H]1COC2=C(S(N)(=O)=O)CN=[N+]2C1. The van der Waals surface area contributed by atoms with Gasteiger partial charge in [0.25, 0.3) is 0 Å². The van der Waals surface area contributed by atoms with Crippen LogP contribution in [0.1, 0.15) is 6.92 Å². The molecule has 0 radical (unpaired) electrons. The number of rotatable bonds is 3. The predicted octanol–water partition coefficient (Wildman–Crippen LogP) is -0.642. The topological polar surface area (TPSA) is 94.0 Å². The molecule has 0 saturated carbocycles. The number of hydrogen-bond acceptors (Lipinski definition) is 5. The Kier molecular flexibility index (Phi) is 2.96. The van der Waals surface area contributed by atoms with Gasteiger partial charge in [-0.05, 0) is 12.0 Å². The highest BCUT2D eigenvalue weighted by atomic mass is 32.2. The summed E-state index contributed by atoms with van der Waals surface area (Å²) in [5.41, 5.74) is 0. The molecule has 0 aromatic carbocycles. The van der Waals surface area contributed by atoms with E-state index in [4.69, 9.17) is 14.6 Å². The molecule has 0 spiro atoms. The highest BCUT2D eigenvalue weighted by molar-refractivity contribution is 7.93. The second-order valence-corrected chi connectivity index (χ2v) is 5.13. The van der Waals surface area contributed by atoms with Gasteiger partial charge in [0.1, 0.15) is 13.2 Å². The van der Waals surface area contributed by atoms with Crippen LogP contribution in [0.3, 0.4) is 0 Å². The van der Waals surface area contributed by atoms with Crippen LogP contribution in [0.2, 0.25) is 0 Å². The summed E-state index contributed by atoms with van der Waals surface area (Å²) in [7, 11) is -3.72. The van der Waals surface area contributed by atoms with Crippen molar-refractivity contribution in [2.24, 2.45) is 10.3 Å². The second kappa shape index (κ2) is 4.11. The predicted molar refractivity (Wildman–Crippen MR) is 53.9 cm³/mol. The lowest BCUT2D eigenvalue weighted by Crippen LogP contribution is -2.36. The molecule has 1 fully saturated rings. The second-order valence-electron chi connectivity index (χ2n) is 3.54.